The largest absolute Gasteiger partial charge is 0.493 e. The number of hydrogen-bond acceptors (Lipinski definition) is 6. The summed E-state index contributed by atoms with van der Waals surface area (Å²) < 4.78 is 22.4. The van der Waals surface area contributed by atoms with Crippen molar-refractivity contribution in [2.24, 2.45) is 0 Å². The lowest BCUT2D eigenvalue weighted by atomic mass is 9.87. The van der Waals surface area contributed by atoms with E-state index in [2.05, 4.69) is 67.6 Å². The van der Waals surface area contributed by atoms with Crippen molar-refractivity contribution in [1.29, 1.82) is 0 Å². The molecule has 0 saturated carbocycles. The second kappa shape index (κ2) is 10.9. The molecule has 6 heteroatoms. The first-order valence-corrected chi connectivity index (χ1v) is 12.3. The van der Waals surface area contributed by atoms with Gasteiger partial charge in [0, 0.05) is 11.1 Å². The number of hydrazine groups is 1. The number of rotatable bonds is 8. The zero-order valence-corrected chi connectivity index (χ0v) is 22.7. The van der Waals surface area contributed by atoms with Crippen LogP contribution in [0.1, 0.15) is 43.5 Å². The fraction of sp³-hybridized carbons (Fsp3) is 0.290. The van der Waals surface area contributed by atoms with Crippen LogP contribution >= 0.6 is 0 Å². The van der Waals surface area contributed by atoms with E-state index in [1.54, 1.807) is 28.4 Å². The summed E-state index contributed by atoms with van der Waals surface area (Å²) in [5, 5.41) is 2.15. The van der Waals surface area contributed by atoms with E-state index in [9.17, 15) is 0 Å². The smallest absolute Gasteiger partial charge is 0.167 e. The Morgan fingerprint density at radius 2 is 1.35 bits per heavy atom. The molecule has 37 heavy (non-hydrogen) atoms. The highest BCUT2D eigenvalue weighted by molar-refractivity contribution is 5.65. The molecular formula is C31H36N2O4. The third-order valence-corrected chi connectivity index (χ3v) is 6.50. The number of ether oxygens (including phenoxy) is 4. The van der Waals surface area contributed by atoms with Crippen LogP contribution in [0, 0.1) is 0 Å². The normalized spacial score (nSPS) is 15.4. The number of benzene rings is 3. The second-order valence-corrected chi connectivity index (χ2v) is 9.84. The molecule has 1 atom stereocenters. The van der Waals surface area contributed by atoms with Gasteiger partial charge in [0.15, 0.2) is 23.0 Å². The van der Waals surface area contributed by atoms with Crippen molar-refractivity contribution in [3.05, 3.63) is 95.2 Å². The predicted molar refractivity (Wildman–Crippen MR) is 150 cm³/mol. The number of nitrogens with one attached hydrogen (secondary N) is 1. The number of allylic oxidation sites excluding steroid dienone is 1. The first-order valence-electron chi connectivity index (χ1n) is 12.3. The molecule has 0 fully saturated rings. The first-order chi connectivity index (χ1) is 17.8. The maximum atomic E-state index is 5.79. The van der Waals surface area contributed by atoms with Gasteiger partial charge in [-0.15, -0.1) is 0 Å². The van der Waals surface area contributed by atoms with Crippen LogP contribution in [0.3, 0.4) is 0 Å². The lowest BCUT2D eigenvalue weighted by Gasteiger charge is -2.29. The van der Waals surface area contributed by atoms with Gasteiger partial charge < -0.3 is 18.9 Å². The Bertz CT molecular complexity index is 1290. The highest BCUT2D eigenvalue weighted by atomic mass is 16.5. The molecule has 3 aromatic carbocycles. The van der Waals surface area contributed by atoms with Crippen LogP contribution in [0.4, 0.5) is 5.69 Å². The van der Waals surface area contributed by atoms with Crippen molar-refractivity contribution < 1.29 is 18.9 Å². The summed E-state index contributed by atoms with van der Waals surface area (Å²) in [5.74, 6) is 2.80. The standard InChI is InChI=1S/C31H36N2O4/c1-31(2,3)22-15-18-24(19-16-22)33-26(25-11-9-13-28(35-5)30(25)37-7)20-23(32-33)17-14-21-10-8-12-27(34-4)29(21)36-6/h8-20,26,32H,1-7H3. The zero-order valence-electron chi connectivity index (χ0n) is 22.7. The minimum atomic E-state index is -0.127. The van der Waals surface area contributed by atoms with Gasteiger partial charge in [-0.2, -0.15) is 0 Å². The molecule has 1 aliphatic heterocycles. The predicted octanol–water partition coefficient (Wildman–Crippen LogP) is 6.68. The molecule has 0 aromatic heterocycles. The SMILES string of the molecule is COc1cccc(C=CC2=CC(c3cccc(OC)c3OC)N(c3ccc(C(C)(C)C)cc3)N2)c1OC. The Morgan fingerprint density at radius 3 is 1.95 bits per heavy atom. The Morgan fingerprint density at radius 1 is 0.730 bits per heavy atom. The van der Waals surface area contributed by atoms with Crippen LogP contribution < -0.4 is 29.4 Å². The second-order valence-electron chi connectivity index (χ2n) is 9.84. The summed E-state index contributed by atoms with van der Waals surface area (Å²) in [4.78, 5) is 0. The van der Waals surface area contributed by atoms with Gasteiger partial charge >= 0.3 is 0 Å². The molecule has 0 saturated heterocycles. The molecule has 1 unspecified atom stereocenters. The lowest BCUT2D eigenvalue weighted by molar-refractivity contribution is 0.350. The van der Waals surface area contributed by atoms with Crippen LogP contribution in [0.25, 0.3) is 6.08 Å². The van der Waals surface area contributed by atoms with Gasteiger partial charge in [-0.3, -0.25) is 10.4 Å². The molecule has 0 aliphatic carbocycles. The molecule has 4 rings (SSSR count). The van der Waals surface area contributed by atoms with E-state index in [1.807, 2.05) is 42.5 Å². The molecule has 6 nitrogen and oxygen atoms in total. The van der Waals surface area contributed by atoms with E-state index in [4.69, 9.17) is 18.9 Å². The Labute approximate surface area is 220 Å². The van der Waals surface area contributed by atoms with Gasteiger partial charge in [-0.05, 0) is 53.5 Å². The van der Waals surface area contributed by atoms with Crippen molar-refractivity contribution >= 4 is 11.8 Å². The van der Waals surface area contributed by atoms with Crippen LogP contribution in [0.5, 0.6) is 23.0 Å². The van der Waals surface area contributed by atoms with Gasteiger partial charge in [-0.1, -0.05) is 57.2 Å². The van der Waals surface area contributed by atoms with Gasteiger partial charge in [0.25, 0.3) is 0 Å². The Balaban J connectivity index is 1.75. The molecule has 1 heterocycles. The highest BCUT2D eigenvalue weighted by Gasteiger charge is 2.29. The van der Waals surface area contributed by atoms with Gasteiger partial charge in [0.05, 0.1) is 45.9 Å². The topological polar surface area (TPSA) is 52.2 Å². The van der Waals surface area contributed by atoms with E-state index < -0.39 is 0 Å². The molecule has 1 aliphatic rings. The zero-order chi connectivity index (χ0) is 26.6. The number of methoxy groups -OCH3 is 4. The van der Waals surface area contributed by atoms with E-state index in [-0.39, 0.29) is 11.5 Å². The van der Waals surface area contributed by atoms with E-state index >= 15 is 0 Å². The van der Waals surface area contributed by atoms with E-state index in [1.165, 1.54) is 5.56 Å². The highest BCUT2D eigenvalue weighted by Crippen LogP contribution is 2.41. The van der Waals surface area contributed by atoms with Crippen molar-refractivity contribution in [3.8, 4) is 23.0 Å². The first kappa shape index (κ1) is 26.0. The molecule has 194 valence electrons. The van der Waals surface area contributed by atoms with Crippen molar-refractivity contribution in [3.63, 3.8) is 0 Å². The van der Waals surface area contributed by atoms with E-state index in [0.29, 0.717) is 23.0 Å². The fourth-order valence-corrected chi connectivity index (χ4v) is 4.53. The monoisotopic (exact) mass is 500 g/mol. The maximum Gasteiger partial charge on any atom is 0.167 e. The summed E-state index contributed by atoms with van der Waals surface area (Å²) in [7, 11) is 6.62. The minimum Gasteiger partial charge on any atom is -0.493 e. The average Bonchev–Trinajstić information content (AvgIpc) is 3.34. The van der Waals surface area contributed by atoms with Crippen molar-refractivity contribution in [1.82, 2.24) is 5.43 Å². The Kier molecular flexibility index (Phi) is 7.67. The average molecular weight is 501 g/mol. The van der Waals surface area contributed by atoms with Crippen molar-refractivity contribution in [2.45, 2.75) is 32.2 Å². The third kappa shape index (κ3) is 5.38. The van der Waals surface area contributed by atoms with Crippen LogP contribution in [-0.2, 0) is 5.41 Å². The van der Waals surface area contributed by atoms with Crippen molar-refractivity contribution in [2.75, 3.05) is 33.4 Å². The van der Waals surface area contributed by atoms with Crippen LogP contribution in [0.15, 0.2) is 78.5 Å². The van der Waals surface area contributed by atoms with Gasteiger partial charge in [0.1, 0.15) is 0 Å². The van der Waals surface area contributed by atoms with Crippen LogP contribution in [0.2, 0.25) is 0 Å². The van der Waals surface area contributed by atoms with Gasteiger partial charge in [0.2, 0.25) is 0 Å². The van der Waals surface area contributed by atoms with Crippen LogP contribution in [-0.4, -0.2) is 28.4 Å². The minimum absolute atomic E-state index is 0.0777. The summed E-state index contributed by atoms with van der Waals surface area (Å²) in [6, 6.07) is 20.3. The molecule has 1 N–H and O–H groups in total. The quantitative estimate of drug-likeness (QED) is 0.372. The number of hydrogen-bond donors (Lipinski definition) is 1. The summed E-state index contributed by atoms with van der Waals surface area (Å²) in [5.41, 5.74) is 8.85. The summed E-state index contributed by atoms with van der Waals surface area (Å²) in [6.45, 7) is 6.66. The number of anilines is 1. The third-order valence-electron chi connectivity index (χ3n) is 6.50. The summed E-state index contributed by atoms with van der Waals surface area (Å²) >= 11 is 0. The molecule has 0 spiro atoms. The summed E-state index contributed by atoms with van der Waals surface area (Å²) in [6.07, 6.45) is 6.24. The molecule has 0 radical (unpaired) electrons. The number of para-hydroxylation sites is 2. The number of nitrogens with zero attached hydrogens (tertiary/aromatic N) is 1. The molecular weight excluding hydrogens is 464 g/mol. The molecule has 0 amide bonds. The molecule has 3 aromatic rings. The molecule has 0 bridgehead atoms. The lowest BCUT2D eigenvalue weighted by Crippen LogP contribution is -2.34. The Hall–Kier alpha value is -4.06. The van der Waals surface area contributed by atoms with E-state index in [0.717, 1.165) is 22.5 Å². The van der Waals surface area contributed by atoms with Gasteiger partial charge in [-0.25, -0.2) is 0 Å². The fourth-order valence-electron chi connectivity index (χ4n) is 4.53. The maximum absolute atomic E-state index is 5.79.